The molecule has 0 amide bonds. The highest BCUT2D eigenvalue weighted by Crippen LogP contribution is 2.16. The Hall–Kier alpha value is -0.900. The van der Waals surface area contributed by atoms with Crippen LogP contribution < -0.4 is 10.6 Å². The van der Waals surface area contributed by atoms with E-state index in [1.807, 2.05) is 7.05 Å². The van der Waals surface area contributed by atoms with E-state index in [-0.39, 0.29) is 24.0 Å². The highest BCUT2D eigenvalue weighted by Gasteiger charge is 2.19. The fraction of sp³-hybridized carbons (Fsp3) is 0.720. The lowest BCUT2D eigenvalue weighted by molar-refractivity contribution is 0.00534. The minimum Gasteiger partial charge on any atom is -0.378 e. The molecule has 1 aromatic carbocycles. The Kier molecular flexibility index (Phi) is 16.0. The zero-order chi connectivity index (χ0) is 22.3. The van der Waals surface area contributed by atoms with Crippen molar-refractivity contribution in [3.63, 3.8) is 0 Å². The van der Waals surface area contributed by atoms with Crippen LogP contribution in [-0.4, -0.2) is 69.5 Å². The molecule has 7 heteroatoms. The monoisotopic (exact) mass is 560 g/mol. The lowest BCUT2D eigenvalue weighted by Gasteiger charge is -2.32. The summed E-state index contributed by atoms with van der Waals surface area (Å²) in [5.74, 6) is 1.38. The standard InChI is InChI=1S/C25H44N4O2.HI/c1-5-30-24(21(2)3)12-16-28-25(26-4)27-15-9-19-31-23-13-17-29(18-14-23)20-22-10-7-6-8-11-22;/h6-8,10-11,21,23-24H,5,9,12-20H2,1-4H3,(H2,26,27,28);1H. The van der Waals surface area contributed by atoms with Crippen LogP contribution in [0.5, 0.6) is 0 Å². The van der Waals surface area contributed by atoms with Gasteiger partial charge in [-0.2, -0.15) is 0 Å². The molecule has 0 saturated carbocycles. The number of guanidine groups is 1. The topological polar surface area (TPSA) is 58.1 Å². The van der Waals surface area contributed by atoms with E-state index in [0.717, 1.165) is 77.6 Å². The zero-order valence-corrected chi connectivity index (χ0v) is 22.8. The van der Waals surface area contributed by atoms with Crippen molar-refractivity contribution in [2.75, 3.05) is 46.4 Å². The molecule has 2 rings (SSSR count). The fourth-order valence-corrected chi connectivity index (χ4v) is 3.98. The Labute approximate surface area is 212 Å². The van der Waals surface area contributed by atoms with Gasteiger partial charge in [-0.1, -0.05) is 44.2 Å². The third-order valence-corrected chi connectivity index (χ3v) is 5.82. The van der Waals surface area contributed by atoms with E-state index < -0.39 is 0 Å². The molecule has 0 aliphatic carbocycles. The molecule has 0 radical (unpaired) electrons. The Morgan fingerprint density at radius 3 is 2.44 bits per heavy atom. The SMILES string of the molecule is CCOC(CCNC(=NC)NCCCOC1CCN(Cc2ccccc2)CC1)C(C)C.I. The number of benzene rings is 1. The molecular formula is C25H45IN4O2. The first-order valence-electron chi connectivity index (χ1n) is 12.1. The van der Waals surface area contributed by atoms with Crippen LogP contribution in [0.4, 0.5) is 0 Å². The lowest BCUT2D eigenvalue weighted by atomic mass is 10.0. The van der Waals surface area contributed by atoms with Crippen LogP contribution in [0.15, 0.2) is 35.3 Å². The number of likely N-dealkylation sites (tertiary alicyclic amines) is 1. The summed E-state index contributed by atoms with van der Waals surface area (Å²) in [5.41, 5.74) is 1.40. The Morgan fingerprint density at radius 2 is 1.81 bits per heavy atom. The molecule has 1 saturated heterocycles. The van der Waals surface area contributed by atoms with Crippen molar-refractivity contribution >= 4 is 29.9 Å². The number of aliphatic imine (C=N–C) groups is 1. The average molecular weight is 561 g/mol. The molecule has 0 bridgehead atoms. The molecular weight excluding hydrogens is 515 g/mol. The van der Waals surface area contributed by atoms with E-state index in [2.05, 4.69) is 71.6 Å². The molecule has 6 nitrogen and oxygen atoms in total. The van der Waals surface area contributed by atoms with Crippen molar-refractivity contribution in [3.8, 4) is 0 Å². The summed E-state index contributed by atoms with van der Waals surface area (Å²) in [6.45, 7) is 13.1. The van der Waals surface area contributed by atoms with Crippen LogP contribution >= 0.6 is 24.0 Å². The zero-order valence-electron chi connectivity index (χ0n) is 20.5. The van der Waals surface area contributed by atoms with Crippen molar-refractivity contribution in [2.45, 2.75) is 65.2 Å². The smallest absolute Gasteiger partial charge is 0.190 e. The number of piperidine rings is 1. The van der Waals surface area contributed by atoms with Crippen molar-refractivity contribution in [1.82, 2.24) is 15.5 Å². The second-order valence-electron chi connectivity index (χ2n) is 8.64. The van der Waals surface area contributed by atoms with Gasteiger partial charge in [-0.05, 0) is 44.1 Å². The highest BCUT2D eigenvalue weighted by molar-refractivity contribution is 14.0. The number of hydrogen-bond acceptors (Lipinski definition) is 4. The number of nitrogens with zero attached hydrogens (tertiary/aromatic N) is 2. The molecule has 1 heterocycles. The number of hydrogen-bond donors (Lipinski definition) is 2. The second-order valence-corrected chi connectivity index (χ2v) is 8.64. The molecule has 1 aliphatic heterocycles. The van der Waals surface area contributed by atoms with E-state index >= 15 is 0 Å². The number of nitrogens with one attached hydrogen (secondary N) is 2. The Morgan fingerprint density at radius 1 is 1.12 bits per heavy atom. The molecule has 0 aromatic heterocycles. The maximum absolute atomic E-state index is 6.12. The first kappa shape index (κ1) is 29.1. The number of rotatable bonds is 13. The number of ether oxygens (including phenoxy) is 2. The number of halogens is 1. The molecule has 1 fully saturated rings. The van der Waals surface area contributed by atoms with Gasteiger partial charge in [-0.25, -0.2) is 0 Å². The first-order chi connectivity index (χ1) is 15.1. The van der Waals surface area contributed by atoms with Crippen molar-refractivity contribution in [2.24, 2.45) is 10.9 Å². The van der Waals surface area contributed by atoms with Crippen LogP contribution in [0.3, 0.4) is 0 Å². The normalized spacial score (nSPS) is 16.6. The molecule has 2 N–H and O–H groups in total. The summed E-state index contributed by atoms with van der Waals surface area (Å²) >= 11 is 0. The van der Waals surface area contributed by atoms with Gasteiger partial charge >= 0.3 is 0 Å². The minimum atomic E-state index is 0. The van der Waals surface area contributed by atoms with Crippen LogP contribution in [0, 0.1) is 5.92 Å². The van der Waals surface area contributed by atoms with Gasteiger partial charge in [0.2, 0.25) is 0 Å². The van der Waals surface area contributed by atoms with E-state index in [1.165, 1.54) is 5.56 Å². The second kappa shape index (κ2) is 17.6. The van der Waals surface area contributed by atoms with E-state index in [1.54, 1.807) is 0 Å². The molecule has 0 spiro atoms. The Bertz CT molecular complexity index is 607. The summed E-state index contributed by atoms with van der Waals surface area (Å²) in [7, 11) is 1.82. The van der Waals surface area contributed by atoms with Crippen molar-refractivity contribution in [3.05, 3.63) is 35.9 Å². The summed E-state index contributed by atoms with van der Waals surface area (Å²) in [6, 6.07) is 10.7. The summed E-state index contributed by atoms with van der Waals surface area (Å²) in [6.07, 6.45) is 4.91. The van der Waals surface area contributed by atoms with Gasteiger partial charge in [-0.3, -0.25) is 9.89 Å². The van der Waals surface area contributed by atoms with E-state index in [4.69, 9.17) is 9.47 Å². The Balaban J connectivity index is 0.00000512. The van der Waals surface area contributed by atoms with Gasteiger partial charge in [0, 0.05) is 53.0 Å². The molecule has 32 heavy (non-hydrogen) atoms. The minimum absolute atomic E-state index is 0. The van der Waals surface area contributed by atoms with Crippen molar-refractivity contribution in [1.29, 1.82) is 0 Å². The maximum atomic E-state index is 6.12. The van der Waals surface area contributed by atoms with E-state index in [0.29, 0.717) is 18.1 Å². The third-order valence-electron chi connectivity index (χ3n) is 5.82. The molecule has 1 aromatic rings. The van der Waals surface area contributed by atoms with Gasteiger partial charge in [0.05, 0.1) is 12.2 Å². The van der Waals surface area contributed by atoms with Crippen LogP contribution in [0.2, 0.25) is 0 Å². The predicted molar refractivity (Wildman–Crippen MR) is 145 cm³/mol. The maximum Gasteiger partial charge on any atom is 0.190 e. The fourth-order valence-electron chi connectivity index (χ4n) is 3.98. The predicted octanol–water partition coefficient (Wildman–Crippen LogP) is 4.29. The molecule has 1 unspecified atom stereocenters. The van der Waals surface area contributed by atoms with Gasteiger partial charge < -0.3 is 20.1 Å². The van der Waals surface area contributed by atoms with Gasteiger partial charge in [0.25, 0.3) is 0 Å². The molecule has 1 aliphatic rings. The van der Waals surface area contributed by atoms with Gasteiger partial charge in [-0.15, -0.1) is 24.0 Å². The van der Waals surface area contributed by atoms with Crippen LogP contribution in [0.25, 0.3) is 0 Å². The van der Waals surface area contributed by atoms with Gasteiger partial charge in [0.1, 0.15) is 0 Å². The largest absolute Gasteiger partial charge is 0.378 e. The highest BCUT2D eigenvalue weighted by atomic mass is 127. The average Bonchev–Trinajstić information content (AvgIpc) is 2.78. The van der Waals surface area contributed by atoms with E-state index in [9.17, 15) is 0 Å². The molecule has 1 atom stereocenters. The lowest BCUT2D eigenvalue weighted by Crippen LogP contribution is -2.40. The molecule has 184 valence electrons. The van der Waals surface area contributed by atoms with Crippen molar-refractivity contribution < 1.29 is 9.47 Å². The summed E-state index contributed by atoms with van der Waals surface area (Å²) in [4.78, 5) is 6.84. The van der Waals surface area contributed by atoms with Crippen LogP contribution in [0.1, 0.15) is 52.0 Å². The quantitative estimate of drug-likeness (QED) is 0.163. The van der Waals surface area contributed by atoms with Crippen LogP contribution in [-0.2, 0) is 16.0 Å². The third kappa shape index (κ3) is 11.8. The first-order valence-corrected chi connectivity index (χ1v) is 12.1. The van der Waals surface area contributed by atoms with Gasteiger partial charge in [0.15, 0.2) is 5.96 Å². The summed E-state index contributed by atoms with van der Waals surface area (Å²) in [5, 5.41) is 6.78. The summed E-state index contributed by atoms with van der Waals surface area (Å²) < 4.78 is 11.9.